The number of fused-ring (bicyclic) bond motifs is 1. The van der Waals surface area contributed by atoms with Gasteiger partial charge in [0.15, 0.2) is 0 Å². The van der Waals surface area contributed by atoms with E-state index in [1.54, 1.807) is 4.40 Å². The number of rotatable bonds is 1. The molecule has 12 heavy (non-hydrogen) atoms. The molecule has 0 unspecified atom stereocenters. The van der Waals surface area contributed by atoms with Gasteiger partial charge in [-0.25, -0.2) is 4.98 Å². The Kier molecular flexibility index (Phi) is 1.75. The minimum absolute atomic E-state index is 0.124. The highest BCUT2D eigenvalue weighted by molar-refractivity contribution is 6.30. The fourth-order valence-electron chi connectivity index (χ4n) is 1.12. The van der Waals surface area contributed by atoms with E-state index in [1.807, 2.05) is 24.4 Å². The lowest BCUT2D eigenvalue weighted by atomic mass is 10.5. The third-order valence-corrected chi connectivity index (χ3v) is 2.09. The number of pyridine rings is 1. The van der Waals surface area contributed by atoms with Crippen molar-refractivity contribution in [1.82, 2.24) is 9.38 Å². The first-order chi connectivity index (χ1) is 5.83. The zero-order valence-corrected chi connectivity index (χ0v) is 6.99. The van der Waals surface area contributed by atoms with Gasteiger partial charge in [-0.2, -0.15) is 0 Å². The third kappa shape index (κ3) is 0.983. The van der Waals surface area contributed by atoms with Crippen molar-refractivity contribution in [3.8, 4) is 0 Å². The number of hydrogen-bond donors (Lipinski definition) is 1. The number of nitrogens with zero attached hydrogens (tertiary/aromatic N) is 2. The molecule has 0 bridgehead atoms. The second kappa shape index (κ2) is 2.77. The highest BCUT2D eigenvalue weighted by Gasteiger charge is 2.06. The van der Waals surface area contributed by atoms with Crippen molar-refractivity contribution in [2.75, 3.05) is 0 Å². The Morgan fingerprint density at radius 3 is 3.00 bits per heavy atom. The van der Waals surface area contributed by atoms with Gasteiger partial charge in [0, 0.05) is 6.20 Å². The molecule has 62 valence electrons. The molecule has 2 heterocycles. The van der Waals surface area contributed by atoms with Crippen LogP contribution in [0.5, 0.6) is 0 Å². The maximum absolute atomic E-state index is 8.86. The minimum atomic E-state index is -0.124. The molecule has 0 amide bonds. The van der Waals surface area contributed by atoms with Crippen LogP contribution in [-0.4, -0.2) is 14.5 Å². The Balaban J connectivity index is 2.78. The molecule has 0 saturated heterocycles. The molecule has 2 rings (SSSR count). The highest BCUT2D eigenvalue weighted by atomic mass is 35.5. The van der Waals surface area contributed by atoms with Gasteiger partial charge >= 0.3 is 0 Å². The molecule has 1 N–H and O–H groups in total. The fourth-order valence-corrected chi connectivity index (χ4v) is 1.36. The predicted octanol–water partition coefficient (Wildman–Crippen LogP) is 1.48. The van der Waals surface area contributed by atoms with E-state index in [9.17, 15) is 0 Å². The quantitative estimate of drug-likeness (QED) is 0.726. The maximum Gasteiger partial charge on any atom is 0.138 e. The van der Waals surface area contributed by atoms with E-state index in [0.717, 1.165) is 5.65 Å². The van der Waals surface area contributed by atoms with Crippen LogP contribution < -0.4 is 0 Å². The van der Waals surface area contributed by atoms with Crippen molar-refractivity contribution in [3.63, 3.8) is 0 Å². The van der Waals surface area contributed by atoms with Crippen LogP contribution in [0.4, 0.5) is 0 Å². The molecule has 2 aromatic rings. The van der Waals surface area contributed by atoms with Crippen LogP contribution in [-0.2, 0) is 6.61 Å². The Bertz CT molecular complexity index is 410. The van der Waals surface area contributed by atoms with Gasteiger partial charge in [0.2, 0.25) is 0 Å². The average molecular weight is 183 g/mol. The molecule has 0 aromatic carbocycles. The van der Waals surface area contributed by atoms with Crippen LogP contribution in [0.2, 0.25) is 5.15 Å². The van der Waals surface area contributed by atoms with Crippen molar-refractivity contribution in [3.05, 3.63) is 35.2 Å². The van der Waals surface area contributed by atoms with Crippen LogP contribution in [0.1, 0.15) is 5.69 Å². The van der Waals surface area contributed by atoms with Gasteiger partial charge in [-0.15, -0.1) is 0 Å². The van der Waals surface area contributed by atoms with Crippen LogP contribution >= 0.6 is 11.6 Å². The molecule has 0 aliphatic rings. The minimum Gasteiger partial charge on any atom is -0.390 e. The molecule has 0 atom stereocenters. The number of hydrogen-bond acceptors (Lipinski definition) is 2. The van der Waals surface area contributed by atoms with E-state index in [2.05, 4.69) is 4.98 Å². The van der Waals surface area contributed by atoms with E-state index >= 15 is 0 Å². The van der Waals surface area contributed by atoms with E-state index in [0.29, 0.717) is 10.8 Å². The van der Waals surface area contributed by atoms with Gasteiger partial charge in [0.1, 0.15) is 16.5 Å². The lowest BCUT2D eigenvalue weighted by molar-refractivity contribution is 0.277. The van der Waals surface area contributed by atoms with Crippen LogP contribution in [0.25, 0.3) is 5.65 Å². The van der Waals surface area contributed by atoms with E-state index < -0.39 is 0 Å². The Hall–Kier alpha value is -1.06. The standard InChI is InChI=1S/C8H7ClN2O/c9-8-6(5-12)10-7-3-1-2-4-11(7)8/h1-4,12H,5H2. The molecule has 2 aromatic heterocycles. The Labute approximate surface area is 74.2 Å². The summed E-state index contributed by atoms with van der Waals surface area (Å²) in [6.45, 7) is -0.124. The first-order valence-electron chi connectivity index (χ1n) is 3.55. The molecule has 0 fully saturated rings. The third-order valence-electron chi connectivity index (χ3n) is 1.69. The number of aliphatic hydroxyl groups is 1. The zero-order valence-electron chi connectivity index (χ0n) is 6.24. The first kappa shape index (κ1) is 7.58. The fraction of sp³-hybridized carbons (Fsp3) is 0.125. The topological polar surface area (TPSA) is 37.5 Å². The summed E-state index contributed by atoms with van der Waals surface area (Å²) in [5.74, 6) is 0. The Morgan fingerprint density at radius 1 is 1.50 bits per heavy atom. The SMILES string of the molecule is OCc1nc2ccccn2c1Cl. The monoisotopic (exact) mass is 182 g/mol. The molecule has 0 aliphatic heterocycles. The molecule has 0 radical (unpaired) electrons. The largest absolute Gasteiger partial charge is 0.390 e. The predicted molar refractivity (Wildman–Crippen MR) is 46.1 cm³/mol. The number of imidazole rings is 1. The summed E-state index contributed by atoms with van der Waals surface area (Å²) < 4.78 is 1.73. The van der Waals surface area contributed by atoms with Crippen molar-refractivity contribution in [2.45, 2.75) is 6.61 Å². The lowest BCUT2D eigenvalue weighted by Gasteiger charge is -1.91. The number of halogens is 1. The molecule has 0 saturated carbocycles. The summed E-state index contributed by atoms with van der Waals surface area (Å²) in [5, 5.41) is 9.34. The van der Waals surface area contributed by atoms with Crippen molar-refractivity contribution in [1.29, 1.82) is 0 Å². The number of aromatic nitrogens is 2. The maximum atomic E-state index is 8.86. The van der Waals surface area contributed by atoms with Gasteiger partial charge in [-0.05, 0) is 12.1 Å². The molecule has 3 nitrogen and oxygen atoms in total. The first-order valence-corrected chi connectivity index (χ1v) is 3.93. The summed E-state index contributed by atoms with van der Waals surface area (Å²) in [5.41, 5.74) is 1.27. The van der Waals surface area contributed by atoms with E-state index in [4.69, 9.17) is 16.7 Å². The van der Waals surface area contributed by atoms with E-state index in [1.165, 1.54) is 0 Å². The van der Waals surface area contributed by atoms with Crippen LogP contribution in [0.15, 0.2) is 24.4 Å². The number of aliphatic hydroxyl groups excluding tert-OH is 1. The average Bonchev–Trinajstić information content (AvgIpc) is 2.44. The Morgan fingerprint density at radius 2 is 2.33 bits per heavy atom. The van der Waals surface area contributed by atoms with Crippen LogP contribution in [0, 0.1) is 0 Å². The van der Waals surface area contributed by atoms with Gasteiger partial charge in [-0.3, -0.25) is 4.40 Å². The normalized spacial score (nSPS) is 10.8. The summed E-state index contributed by atoms with van der Waals surface area (Å²) in [4.78, 5) is 4.11. The molecular formula is C8H7ClN2O. The zero-order chi connectivity index (χ0) is 8.55. The van der Waals surface area contributed by atoms with Crippen molar-refractivity contribution in [2.24, 2.45) is 0 Å². The molecular weight excluding hydrogens is 176 g/mol. The van der Waals surface area contributed by atoms with Gasteiger partial charge in [0.05, 0.1) is 6.61 Å². The van der Waals surface area contributed by atoms with E-state index in [-0.39, 0.29) is 6.61 Å². The summed E-state index contributed by atoms with van der Waals surface area (Å²) in [6, 6.07) is 5.58. The second-order valence-electron chi connectivity index (χ2n) is 2.44. The van der Waals surface area contributed by atoms with Crippen LogP contribution in [0.3, 0.4) is 0 Å². The van der Waals surface area contributed by atoms with Gasteiger partial charge in [-0.1, -0.05) is 17.7 Å². The summed E-state index contributed by atoms with van der Waals surface area (Å²) in [6.07, 6.45) is 1.81. The molecule has 4 heteroatoms. The van der Waals surface area contributed by atoms with Gasteiger partial charge < -0.3 is 5.11 Å². The highest BCUT2D eigenvalue weighted by Crippen LogP contribution is 2.17. The van der Waals surface area contributed by atoms with Crippen molar-refractivity contribution >= 4 is 17.2 Å². The summed E-state index contributed by atoms with van der Waals surface area (Å²) >= 11 is 5.90. The summed E-state index contributed by atoms with van der Waals surface area (Å²) in [7, 11) is 0. The molecule has 0 spiro atoms. The second-order valence-corrected chi connectivity index (χ2v) is 2.79. The molecule has 0 aliphatic carbocycles. The smallest absolute Gasteiger partial charge is 0.138 e. The van der Waals surface area contributed by atoms with Crippen molar-refractivity contribution < 1.29 is 5.11 Å². The van der Waals surface area contributed by atoms with Gasteiger partial charge in [0.25, 0.3) is 0 Å². The lowest BCUT2D eigenvalue weighted by Crippen LogP contribution is -1.83.